The highest BCUT2D eigenvalue weighted by Crippen LogP contribution is 2.28. The van der Waals surface area contributed by atoms with E-state index in [1.54, 1.807) is 24.3 Å². The van der Waals surface area contributed by atoms with E-state index in [1.165, 1.54) is 0 Å². The van der Waals surface area contributed by atoms with Gasteiger partial charge in [-0.15, -0.1) is 0 Å². The molecular weight excluding hydrogens is 472 g/mol. The molecule has 144 valence electrons. The molecule has 3 aromatic carbocycles. The molecule has 0 spiro atoms. The molecule has 0 aliphatic carbocycles. The zero-order valence-corrected chi connectivity index (χ0v) is 18.0. The number of nitrogens with one attached hydrogen (secondary N) is 3. The highest BCUT2D eigenvalue weighted by Gasteiger charge is 2.12. The Labute approximate surface area is 185 Å². The Morgan fingerprint density at radius 3 is 2.69 bits per heavy atom. The number of halogens is 2. The third-order valence-corrected chi connectivity index (χ3v) is 5.22. The smallest absolute Gasteiger partial charge is 0.257 e. The van der Waals surface area contributed by atoms with E-state index in [0.29, 0.717) is 16.3 Å². The van der Waals surface area contributed by atoms with Crippen LogP contribution in [0.3, 0.4) is 0 Å². The minimum absolute atomic E-state index is 0.152. The van der Waals surface area contributed by atoms with Crippen LogP contribution in [0, 0.1) is 0 Å². The van der Waals surface area contributed by atoms with Crippen molar-refractivity contribution in [3.63, 3.8) is 0 Å². The third-order valence-electron chi connectivity index (χ3n) is 4.19. The van der Waals surface area contributed by atoms with Crippen LogP contribution in [0.2, 0.25) is 5.02 Å². The van der Waals surface area contributed by atoms with Crippen molar-refractivity contribution in [2.45, 2.75) is 0 Å². The summed E-state index contributed by atoms with van der Waals surface area (Å²) in [4.78, 5) is 20.2. The van der Waals surface area contributed by atoms with Gasteiger partial charge in [0.05, 0.1) is 21.7 Å². The molecule has 0 bridgehead atoms. The van der Waals surface area contributed by atoms with Crippen LogP contribution >= 0.6 is 39.7 Å². The van der Waals surface area contributed by atoms with Crippen LogP contribution in [0.1, 0.15) is 10.4 Å². The Morgan fingerprint density at radius 2 is 1.90 bits per heavy atom. The van der Waals surface area contributed by atoms with Gasteiger partial charge in [0.25, 0.3) is 5.91 Å². The second-order valence-corrected chi connectivity index (χ2v) is 7.95. The number of anilines is 1. The molecule has 0 saturated carbocycles. The zero-order chi connectivity index (χ0) is 20.4. The summed E-state index contributed by atoms with van der Waals surface area (Å²) in [5.41, 5.74) is 3.73. The molecule has 3 N–H and O–H groups in total. The van der Waals surface area contributed by atoms with Crippen molar-refractivity contribution in [3.8, 4) is 11.4 Å². The Morgan fingerprint density at radius 1 is 1.07 bits per heavy atom. The largest absolute Gasteiger partial charge is 0.338 e. The van der Waals surface area contributed by atoms with E-state index in [4.69, 9.17) is 23.8 Å². The number of rotatable bonds is 3. The number of benzene rings is 3. The molecule has 0 aliphatic heterocycles. The van der Waals surface area contributed by atoms with Crippen LogP contribution in [0.25, 0.3) is 22.4 Å². The molecule has 0 aliphatic rings. The molecule has 0 fully saturated rings. The van der Waals surface area contributed by atoms with Crippen molar-refractivity contribution in [1.29, 1.82) is 0 Å². The number of hydrogen-bond acceptors (Lipinski definition) is 3. The predicted octanol–water partition coefficient (Wildman–Crippen LogP) is 5.77. The van der Waals surface area contributed by atoms with Crippen molar-refractivity contribution in [2.75, 3.05) is 5.32 Å². The molecule has 8 heteroatoms. The summed E-state index contributed by atoms with van der Waals surface area (Å²) < 4.78 is 0.811. The Balaban J connectivity index is 1.53. The summed E-state index contributed by atoms with van der Waals surface area (Å²) in [6.07, 6.45) is 0. The number of H-pyrrole nitrogens is 1. The minimum atomic E-state index is -0.312. The van der Waals surface area contributed by atoms with Crippen LogP contribution in [0.4, 0.5) is 5.69 Å². The topological polar surface area (TPSA) is 69.8 Å². The van der Waals surface area contributed by atoms with Crippen molar-refractivity contribution in [2.24, 2.45) is 0 Å². The quantitative estimate of drug-likeness (QED) is 0.322. The first-order valence-corrected chi connectivity index (χ1v) is 10.2. The Hall–Kier alpha value is -2.74. The number of thiocarbonyl (C=S) groups is 1. The maximum atomic E-state index is 12.4. The lowest BCUT2D eigenvalue weighted by Gasteiger charge is -2.12. The molecule has 0 saturated heterocycles. The molecule has 1 aromatic heterocycles. The van der Waals surface area contributed by atoms with E-state index in [0.717, 1.165) is 26.9 Å². The van der Waals surface area contributed by atoms with Crippen molar-refractivity contribution in [3.05, 3.63) is 81.8 Å². The van der Waals surface area contributed by atoms with Gasteiger partial charge in [0.1, 0.15) is 5.82 Å². The van der Waals surface area contributed by atoms with Crippen LogP contribution in [-0.2, 0) is 0 Å². The summed E-state index contributed by atoms with van der Waals surface area (Å²) in [6, 6.07) is 20.3. The van der Waals surface area contributed by atoms with Crippen LogP contribution in [0.15, 0.2) is 71.2 Å². The second kappa shape index (κ2) is 8.32. The van der Waals surface area contributed by atoms with Crippen LogP contribution in [-0.4, -0.2) is 21.0 Å². The summed E-state index contributed by atoms with van der Waals surface area (Å²) in [5, 5.41) is 6.27. The maximum absolute atomic E-state index is 12.4. The number of imidazole rings is 1. The van der Waals surface area contributed by atoms with Crippen LogP contribution in [0.5, 0.6) is 0 Å². The highest BCUT2D eigenvalue weighted by molar-refractivity contribution is 9.10. The standard InChI is InChI=1S/C21H14BrClN4OS/c22-14-5-3-4-13(10-14)20(28)27-21(29)26-18-11-12(8-9-15(18)23)19-24-16-6-1-2-7-17(16)25-19/h1-11H,(H,24,25)(H2,26,27,28,29). The van der Waals surface area contributed by atoms with Gasteiger partial charge in [-0.05, 0) is 60.7 Å². The first-order valence-electron chi connectivity index (χ1n) is 8.62. The predicted molar refractivity (Wildman–Crippen MR) is 124 cm³/mol. The highest BCUT2D eigenvalue weighted by atomic mass is 79.9. The number of aromatic nitrogens is 2. The average molecular weight is 486 g/mol. The number of amides is 1. The number of nitrogens with zero attached hydrogens (tertiary/aromatic N) is 1. The molecule has 0 unspecified atom stereocenters. The monoisotopic (exact) mass is 484 g/mol. The van der Waals surface area contributed by atoms with Crippen molar-refractivity contribution >= 4 is 67.5 Å². The van der Waals surface area contributed by atoms with E-state index < -0.39 is 0 Å². The Bertz CT molecular complexity index is 1210. The molecule has 5 nitrogen and oxygen atoms in total. The summed E-state index contributed by atoms with van der Waals surface area (Å²) in [6.45, 7) is 0. The third kappa shape index (κ3) is 4.48. The molecule has 1 amide bonds. The van der Waals surface area contributed by atoms with Crippen LogP contribution < -0.4 is 10.6 Å². The lowest BCUT2D eigenvalue weighted by Crippen LogP contribution is -2.34. The van der Waals surface area contributed by atoms with Crippen molar-refractivity contribution in [1.82, 2.24) is 15.3 Å². The van der Waals surface area contributed by atoms with Gasteiger partial charge >= 0.3 is 0 Å². The summed E-state index contributed by atoms with van der Waals surface area (Å²) in [7, 11) is 0. The number of carbonyl (C=O) groups excluding carboxylic acids is 1. The van der Waals surface area contributed by atoms with Gasteiger partial charge in [-0.1, -0.05) is 45.7 Å². The fourth-order valence-corrected chi connectivity index (χ4v) is 3.58. The van der Waals surface area contributed by atoms with E-state index >= 15 is 0 Å². The van der Waals surface area contributed by atoms with Gasteiger partial charge in [-0.25, -0.2) is 4.98 Å². The lowest BCUT2D eigenvalue weighted by atomic mass is 10.2. The molecule has 4 rings (SSSR count). The molecule has 0 atom stereocenters. The minimum Gasteiger partial charge on any atom is -0.338 e. The first-order chi connectivity index (χ1) is 14.0. The van der Waals surface area contributed by atoms with Crippen molar-refractivity contribution < 1.29 is 4.79 Å². The van der Waals surface area contributed by atoms with Gasteiger partial charge in [0.15, 0.2) is 5.11 Å². The fourth-order valence-electron chi connectivity index (χ4n) is 2.82. The molecule has 1 heterocycles. The molecule has 29 heavy (non-hydrogen) atoms. The van der Waals surface area contributed by atoms with E-state index in [-0.39, 0.29) is 11.0 Å². The number of hydrogen-bond donors (Lipinski definition) is 3. The van der Waals surface area contributed by atoms with E-state index in [1.807, 2.05) is 42.5 Å². The molecule has 0 radical (unpaired) electrons. The van der Waals surface area contributed by atoms with Gasteiger partial charge in [-0.3, -0.25) is 10.1 Å². The first kappa shape index (κ1) is 19.6. The zero-order valence-electron chi connectivity index (χ0n) is 14.9. The van der Waals surface area contributed by atoms with Gasteiger partial charge < -0.3 is 10.3 Å². The molecule has 4 aromatic rings. The maximum Gasteiger partial charge on any atom is 0.257 e. The average Bonchev–Trinajstić information content (AvgIpc) is 3.14. The van der Waals surface area contributed by atoms with Gasteiger partial charge in [0, 0.05) is 15.6 Å². The van der Waals surface area contributed by atoms with Gasteiger partial charge in [-0.2, -0.15) is 0 Å². The second-order valence-electron chi connectivity index (χ2n) is 6.22. The lowest BCUT2D eigenvalue weighted by molar-refractivity contribution is 0.0977. The normalized spacial score (nSPS) is 10.7. The Kier molecular flexibility index (Phi) is 5.62. The SMILES string of the molecule is O=C(NC(=S)Nc1cc(-c2nc3ccccc3[nH]2)ccc1Cl)c1cccc(Br)c1. The van der Waals surface area contributed by atoms with E-state index in [2.05, 4.69) is 36.5 Å². The number of para-hydroxylation sites is 2. The number of aromatic amines is 1. The molecular formula is C21H14BrClN4OS. The summed E-state index contributed by atoms with van der Waals surface area (Å²) in [5.74, 6) is 0.406. The summed E-state index contributed by atoms with van der Waals surface area (Å²) >= 11 is 14.9. The number of carbonyl (C=O) groups is 1. The number of fused-ring (bicyclic) bond motifs is 1. The van der Waals surface area contributed by atoms with Gasteiger partial charge in [0.2, 0.25) is 0 Å². The van der Waals surface area contributed by atoms with E-state index in [9.17, 15) is 4.79 Å². The fraction of sp³-hybridized carbons (Fsp3) is 0.